The Hall–Kier alpha value is -1.07. The SMILES string of the molecule is CC1OCCC1(Cc1cc(Br)cc2c1OCC2)C(=O)O. The van der Waals surface area contributed by atoms with Gasteiger partial charge in [0.15, 0.2) is 0 Å². The zero-order chi connectivity index (χ0) is 14.3. The minimum absolute atomic E-state index is 0.281. The molecule has 4 nitrogen and oxygen atoms in total. The Morgan fingerprint density at radius 1 is 1.50 bits per heavy atom. The topological polar surface area (TPSA) is 55.8 Å². The summed E-state index contributed by atoms with van der Waals surface area (Å²) in [4.78, 5) is 11.8. The fraction of sp³-hybridized carbons (Fsp3) is 0.533. The number of benzene rings is 1. The first-order valence-corrected chi connectivity index (χ1v) is 7.61. The summed E-state index contributed by atoms with van der Waals surface area (Å²) in [6.07, 6.45) is 1.60. The van der Waals surface area contributed by atoms with E-state index in [1.165, 1.54) is 0 Å². The number of carbonyl (C=O) groups is 1. The number of aliphatic carboxylic acids is 1. The van der Waals surface area contributed by atoms with Gasteiger partial charge in [0.2, 0.25) is 0 Å². The van der Waals surface area contributed by atoms with E-state index in [0.717, 1.165) is 27.8 Å². The Bertz CT molecular complexity index is 557. The van der Waals surface area contributed by atoms with E-state index in [2.05, 4.69) is 15.9 Å². The van der Waals surface area contributed by atoms with E-state index in [4.69, 9.17) is 9.47 Å². The maximum absolute atomic E-state index is 11.8. The van der Waals surface area contributed by atoms with Crippen LogP contribution >= 0.6 is 15.9 Å². The molecule has 1 fully saturated rings. The zero-order valence-electron chi connectivity index (χ0n) is 11.3. The Labute approximate surface area is 126 Å². The summed E-state index contributed by atoms with van der Waals surface area (Å²) < 4.78 is 12.2. The average molecular weight is 341 g/mol. The molecule has 0 spiro atoms. The molecule has 0 aliphatic carbocycles. The summed E-state index contributed by atoms with van der Waals surface area (Å²) in [5.74, 6) is 0.0853. The molecule has 20 heavy (non-hydrogen) atoms. The second-order valence-electron chi connectivity index (χ2n) is 5.55. The molecule has 2 aliphatic rings. The highest BCUT2D eigenvalue weighted by Crippen LogP contribution is 2.43. The number of carboxylic acid groups (broad SMARTS) is 1. The molecular formula is C15H17BrO4. The van der Waals surface area contributed by atoms with E-state index in [1.54, 1.807) is 0 Å². The Morgan fingerprint density at radius 2 is 2.30 bits per heavy atom. The smallest absolute Gasteiger partial charge is 0.312 e. The third-order valence-corrected chi connectivity index (χ3v) is 4.91. The summed E-state index contributed by atoms with van der Waals surface area (Å²) in [5, 5.41) is 9.68. The van der Waals surface area contributed by atoms with Crippen molar-refractivity contribution in [3.05, 3.63) is 27.7 Å². The van der Waals surface area contributed by atoms with Crippen molar-refractivity contribution in [2.75, 3.05) is 13.2 Å². The van der Waals surface area contributed by atoms with Gasteiger partial charge in [0.1, 0.15) is 5.75 Å². The van der Waals surface area contributed by atoms with Gasteiger partial charge in [-0.15, -0.1) is 0 Å². The summed E-state index contributed by atoms with van der Waals surface area (Å²) in [5.41, 5.74) is 1.27. The lowest BCUT2D eigenvalue weighted by atomic mass is 9.76. The highest BCUT2D eigenvalue weighted by Gasteiger charge is 2.49. The maximum Gasteiger partial charge on any atom is 0.312 e. The summed E-state index contributed by atoms with van der Waals surface area (Å²) in [6, 6.07) is 4.02. The fourth-order valence-corrected chi connectivity index (χ4v) is 3.74. The lowest BCUT2D eigenvalue weighted by molar-refractivity contribution is -0.151. The third kappa shape index (κ3) is 2.13. The van der Waals surface area contributed by atoms with Crippen LogP contribution in [0.4, 0.5) is 0 Å². The van der Waals surface area contributed by atoms with Crippen molar-refractivity contribution < 1.29 is 19.4 Å². The van der Waals surface area contributed by atoms with Gasteiger partial charge in [0.05, 0.1) is 18.1 Å². The molecule has 1 aromatic rings. The van der Waals surface area contributed by atoms with Gasteiger partial charge in [-0.2, -0.15) is 0 Å². The molecule has 3 rings (SSSR count). The highest BCUT2D eigenvalue weighted by molar-refractivity contribution is 9.10. The summed E-state index contributed by atoms with van der Waals surface area (Å²) in [7, 11) is 0. The number of halogens is 1. The van der Waals surface area contributed by atoms with Crippen LogP contribution in [0.15, 0.2) is 16.6 Å². The molecule has 2 unspecified atom stereocenters. The lowest BCUT2D eigenvalue weighted by Crippen LogP contribution is -2.39. The fourth-order valence-electron chi connectivity index (χ4n) is 3.19. The van der Waals surface area contributed by atoms with Gasteiger partial charge in [-0.3, -0.25) is 4.79 Å². The largest absolute Gasteiger partial charge is 0.493 e. The van der Waals surface area contributed by atoms with Crippen LogP contribution in [0.25, 0.3) is 0 Å². The average Bonchev–Trinajstić information content (AvgIpc) is 2.97. The molecule has 0 saturated carbocycles. The van der Waals surface area contributed by atoms with Gasteiger partial charge >= 0.3 is 5.97 Å². The number of hydrogen-bond donors (Lipinski definition) is 1. The Morgan fingerprint density at radius 3 is 2.95 bits per heavy atom. The van der Waals surface area contributed by atoms with Gasteiger partial charge in [0.25, 0.3) is 0 Å². The van der Waals surface area contributed by atoms with Crippen LogP contribution in [0, 0.1) is 5.41 Å². The van der Waals surface area contributed by atoms with E-state index < -0.39 is 11.4 Å². The Kier molecular flexibility index (Phi) is 3.50. The van der Waals surface area contributed by atoms with Crippen molar-refractivity contribution in [2.45, 2.75) is 32.3 Å². The van der Waals surface area contributed by atoms with Crippen LogP contribution in [0.3, 0.4) is 0 Å². The van der Waals surface area contributed by atoms with Crippen LogP contribution in [-0.4, -0.2) is 30.4 Å². The van der Waals surface area contributed by atoms with E-state index >= 15 is 0 Å². The second-order valence-corrected chi connectivity index (χ2v) is 6.47. The summed E-state index contributed by atoms with van der Waals surface area (Å²) >= 11 is 3.50. The first kappa shape index (κ1) is 13.9. The molecule has 5 heteroatoms. The van der Waals surface area contributed by atoms with Crippen molar-refractivity contribution >= 4 is 21.9 Å². The van der Waals surface area contributed by atoms with Crippen LogP contribution < -0.4 is 4.74 Å². The molecule has 2 atom stereocenters. The van der Waals surface area contributed by atoms with E-state index in [9.17, 15) is 9.90 Å². The predicted octanol–water partition coefficient (Wildman–Crippen LogP) is 2.81. The molecule has 1 saturated heterocycles. The second kappa shape index (κ2) is 5.04. The van der Waals surface area contributed by atoms with E-state index in [-0.39, 0.29) is 6.10 Å². The van der Waals surface area contributed by atoms with Crippen molar-refractivity contribution in [1.82, 2.24) is 0 Å². The number of ether oxygens (including phenoxy) is 2. The van der Waals surface area contributed by atoms with Crippen molar-refractivity contribution in [3.8, 4) is 5.75 Å². The van der Waals surface area contributed by atoms with Crippen molar-refractivity contribution in [2.24, 2.45) is 5.41 Å². The van der Waals surface area contributed by atoms with Gasteiger partial charge < -0.3 is 14.6 Å². The van der Waals surface area contributed by atoms with Crippen LogP contribution in [0.5, 0.6) is 5.75 Å². The van der Waals surface area contributed by atoms with Crippen LogP contribution in [0.2, 0.25) is 0 Å². The first-order valence-electron chi connectivity index (χ1n) is 6.82. The lowest BCUT2D eigenvalue weighted by Gasteiger charge is -2.28. The van der Waals surface area contributed by atoms with E-state index in [1.807, 2.05) is 19.1 Å². The highest BCUT2D eigenvalue weighted by atomic mass is 79.9. The molecule has 2 aliphatic heterocycles. The number of fused-ring (bicyclic) bond motifs is 1. The Balaban J connectivity index is 2.00. The van der Waals surface area contributed by atoms with Gasteiger partial charge in [0, 0.05) is 17.5 Å². The minimum Gasteiger partial charge on any atom is -0.493 e. The number of carboxylic acids is 1. The molecule has 0 amide bonds. The molecule has 1 N–H and O–H groups in total. The van der Waals surface area contributed by atoms with E-state index in [0.29, 0.717) is 26.1 Å². The summed E-state index contributed by atoms with van der Waals surface area (Å²) in [6.45, 7) is 3.02. The van der Waals surface area contributed by atoms with Gasteiger partial charge in [-0.05, 0) is 43.0 Å². The standard InChI is InChI=1S/C15H17BrO4/c1-9-15(14(17)18,3-5-19-9)8-11-7-12(16)6-10-2-4-20-13(10)11/h6-7,9H,2-5,8H2,1H3,(H,17,18). The quantitative estimate of drug-likeness (QED) is 0.919. The molecule has 1 aromatic carbocycles. The third-order valence-electron chi connectivity index (χ3n) is 4.45. The van der Waals surface area contributed by atoms with Crippen molar-refractivity contribution in [3.63, 3.8) is 0 Å². The molecule has 0 aromatic heterocycles. The molecule has 108 valence electrons. The molecule has 2 heterocycles. The van der Waals surface area contributed by atoms with Crippen molar-refractivity contribution in [1.29, 1.82) is 0 Å². The van der Waals surface area contributed by atoms with Gasteiger partial charge in [-0.25, -0.2) is 0 Å². The van der Waals surface area contributed by atoms with Crippen LogP contribution in [0.1, 0.15) is 24.5 Å². The zero-order valence-corrected chi connectivity index (χ0v) is 12.9. The molecule has 0 bridgehead atoms. The van der Waals surface area contributed by atoms with Gasteiger partial charge in [-0.1, -0.05) is 15.9 Å². The molecule has 0 radical (unpaired) electrons. The first-order chi connectivity index (χ1) is 9.53. The minimum atomic E-state index is -0.847. The monoisotopic (exact) mass is 340 g/mol. The molecular weight excluding hydrogens is 324 g/mol. The number of rotatable bonds is 3. The predicted molar refractivity (Wildman–Crippen MR) is 77.1 cm³/mol. The van der Waals surface area contributed by atoms with Crippen LogP contribution in [-0.2, 0) is 22.4 Å². The normalized spacial score (nSPS) is 28.2. The maximum atomic E-state index is 11.8. The number of hydrogen-bond acceptors (Lipinski definition) is 3.